The van der Waals surface area contributed by atoms with E-state index in [9.17, 15) is 35.4 Å². The van der Waals surface area contributed by atoms with E-state index >= 15 is 0 Å². The van der Waals surface area contributed by atoms with Crippen LogP contribution in [0.4, 0.5) is 0 Å². The van der Waals surface area contributed by atoms with E-state index in [1.165, 1.54) is 6.08 Å². The van der Waals surface area contributed by atoms with Gasteiger partial charge >= 0.3 is 0 Å². The Morgan fingerprint density at radius 2 is 1.85 bits per heavy atom. The molecule has 0 heterocycles. The van der Waals surface area contributed by atoms with Crippen molar-refractivity contribution >= 4 is 5.78 Å². The topological polar surface area (TPSA) is 138 Å². The van der Waals surface area contributed by atoms with Gasteiger partial charge < -0.3 is 30.6 Å². The summed E-state index contributed by atoms with van der Waals surface area (Å²) in [4.78, 5) is 13.3. The van der Waals surface area contributed by atoms with Gasteiger partial charge in [-0.2, -0.15) is 0 Å². The number of carbonyl (C=O) groups excluding carboxylic acids is 1. The molecule has 0 radical (unpaired) electrons. The van der Waals surface area contributed by atoms with Gasteiger partial charge in [-0.25, -0.2) is 0 Å². The van der Waals surface area contributed by atoms with Gasteiger partial charge in [-0.3, -0.25) is 4.79 Å². The zero-order valence-electron chi connectivity index (χ0n) is 20.9. The zero-order chi connectivity index (χ0) is 25.4. The molecule has 0 aromatic carbocycles. The second kappa shape index (κ2) is 8.22. The van der Waals surface area contributed by atoms with E-state index < -0.39 is 64.2 Å². The standard InChI is InChI=1S/C27H42O7/c1-14(2)6-7-22(32)26(5,33)21-8-9-27(34)16-11-17(28)15-10-18(29)19(30)12-24(15,3)23(16)20(31)13-25(21,27)4/h11,15,18-23,29-34H,1,6-10,12-13H2,2-5H3/t15-,18+,19-,20+,21-,22+,23+,24-,25+,26+,27+/m0/s1. The molecule has 192 valence electrons. The molecule has 0 bridgehead atoms. The summed E-state index contributed by atoms with van der Waals surface area (Å²) in [6.07, 6.45) is -0.272. The Bertz CT molecular complexity index is 895. The molecule has 0 aliphatic heterocycles. The van der Waals surface area contributed by atoms with E-state index in [1.807, 2.05) is 20.8 Å². The van der Waals surface area contributed by atoms with Crippen molar-refractivity contribution in [2.75, 3.05) is 0 Å². The molecular formula is C27H42O7. The van der Waals surface area contributed by atoms with Crippen molar-refractivity contribution < 1.29 is 35.4 Å². The summed E-state index contributed by atoms with van der Waals surface area (Å²) in [5, 5.41) is 66.8. The van der Waals surface area contributed by atoms with Crippen molar-refractivity contribution in [3.05, 3.63) is 23.8 Å². The molecule has 0 unspecified atom stereocenters. The summed E-state index contributed by atoms with van der Waals surface area (Å²) in [7, 11) is 0. The van der Waals surface area contributed by atoms with Gasteiger partial charge in [-0.05, 0) is 81.8 Å². The molecule has 7 heteroatoms. The maximum absolute atomic E-state index is 13.3. The fraction of sp³-hybridized carbons (Fsp3) is 0.815. The van der Waals surface area contributed by atoms with Gasteiger partial charge in [0.05, 0.1) is 35.6 Å². The van der Waals surface area contributed by atoms with Gasteiger partial charge in [-0.1, -0.05) is 19.4 Å². The minimum absolute atomic E-state index is 0.130. The maximum Gasteiger partial charge on any atom is 0.159 e. The third-order valence-electron chi connectivity index (χ3n) is 10.3. The third kappa shape index (κ3) is 3.50. The van der Waals surface area contributed by atoms with Crippen molar-refractivity contribution in [1.82, 2.24) is 0 Å². The quantitative estimate of drug-likeness (QED) is 0.330. The van der Waals surface area contributed by atoms with Gasteiger partial charge in [0.25, 0.3) is 0 Å². The normalized spacial score (nSPS) is 48.8. The third-order valence-corrected chi connectivity index (χ3v) is 10.3. The summed E-state index contributed by atoms with van der Waals surface area (Å²) in [6, 6.07) is 0. The Morgan fingerprint density at radius 1 is 1.21 bits per heavy atom. The summed E-state index contributed by atoms with van der Waals surface area (Å²) < 4.78 is 0. The van der Waals surface area contributed by atoms with Crippen LogP contribution in [0.15, 0.2) is 23.8 Å². The van der Waals surface area contributed by atoms with Gasteiger partial charge in [0.15, 0.2) is 5.78 Å². The predicted octanol–water partition coefficient (Wildman–Crippen LogP) is 1.63. The van der Waals surface area contributed by atoms with Crippen LogP contribution in [0.5, 0.6) is 0 Å². The molecule has 4 rings (SSSR count). The summed E-state index contributed by atoms with van der Waals surface area (Å²) in [5.74, 6) is -1.76. The number of hydrogen-bond acceptors (Lipinski definition) is 7. The fourth-order valence-corrected chi connectivity index (χ4v) is 8.33. The average Bonchev–Trinajstić information content (AvgIpc) is 2.99. The van der Waals surface area contributed by atoms with Gasteiger partial charge in [-0.15, -0.1) is 6.58 Å². The molecule has 3 saturated carbocycles. The highest BCUT2D eigenvalue weighted by Gasteiger charge is 2.71. The molecule has 4 aliphatic carbocycles. The highest BCUT2D eigenvalue weighted by Crippen LogP contribution is 2.68. The largest absolute Gasteiger partial charge is 0.392 e. The number of carbonyl (C=O) groups is 1. The Morgan fingerprint density at radius 3 is 2.47 bits per heavy atom. The zero-order valence-corrected chi connectivity index (χ0v) is 20.9. The van der Waals surface area contributed by atoms with Crippen LogP contribution in [0.25, 0.3) is 0 Å². The first-order chi connectivity index (χ1) is 15.6. The molecule has 11 atom stereocenters. The van der Waals surface area contributed by atoms with Crippen molar-refractivity contribution in [3.8, 4) is 0 Å². The summed E-state index contributed by atoms with van der Waals surface area (Å²) in [6.45, 7) is 11.1. The van der Waals surface area contributed by atoms with Gasteiger partial charge in [0.2, 0.25) is 0 Å². The summed E-state index contributed by atoms with van der Waals surface area (Å²) in [5.41, 5.74) is -3.29. The van der Waals surface area contributed by atoms with Crippen LogP contribution in [0.2, 0.25) is 0 Å². The smallest absolute Gasteiger partial charge is 0.159 e. The number of rotatable bonds is 5. The predicted molar refractivity (Wildman–Crippen MR) is 127 cm³/mol. The molecule has 0 spiro atoms. The first kappa shape index (κ1) is 26.0. The molecule has 3 fully saturated rings. The molecule has 4 aliphatic rings. The molecular weight excluding hydrogens is 436 g/mol. The second-order valence-electron chi connectivity index (χ2n) is 12.5. The molecule has 34 heavy (non-hydrogen) atoms. The lowest BCUT2D eigenvalue weighted by atomic mass is 9.45. The molecule has 6 N–H and O–H groups in total. The average molecular weight is 479 g/mol. The number of fused-ring (bicyclic) bond motifs is 5. The van der Waals surface area contributed by atoms with E-state index in [0.29, 0.717) is 31.3 Å². The SMILES string of the molecule is C=C(C)CC[C@@H](O)[C@](C)(O)[C@H]1CC[C@@]2(O)C3=CC(=O)[C@@H]4C[C@@H](O)[C@@H](O)C[C@]4(C)[C@H]3[C@H](O)C[C@]12C. The van der Waals surface area contributed by atoms with Crippen LogP contribution < -0.4 is 0 Å². The van der Waals surface area contributed by atoms with Crippen LogP contribution in [-0.2, 0) is 4.79 Å². The number of ketones is 1. The Balaban J connectivity index is 1.73. The minimum atomic E-state index is -1.50. The Labute approximate surface area is 202 Å². The Kier molecular flexibility index (Phi) is 6.28. The van der Waals surface area contributed by atoms with Crippen LogP contribution in [0, 0.1) is 28.6 Å². The number of aliphatic hydroxyl groups is 6. The summed E-state index contributed by atoms with van der Waals surface area (Å²) >= 11 is 0. The van der Waals surface area contributed by atoms with E-state index in [-0.39, 0.29) is 25.0 Å². The lowest BCUT2D eigenvalue weighted by Gasteiger charge is -2.62. The molecule has 0 aromatic rings. The number of hydrogen-bond donors (Lipinski definition) is 6. The van der Waals surface area contributed by atoms with E-state index in [0.717, 1.165) is 5.57 Å². The van der Waals surface area contributed by atoms with Crippen LogP contribution in [0.3, 0.4) is 0 Å². The molecule has 0 saturated heterocycles. The second-order valence-corrected chi connectivity index (χ2v) is 12.5. The van der Waals surface area contributed by atoms with Crippen molar-refractivity contribution in [1.29, 1.82) is 0 Å². The number of allylic oxidation sites excluding steroid dienone is 2. The van der Waals surface area contributed by atoms with Crippen LogP contribution >= 0.6 is 0 Å². The molecule has 0 amide bonds. The highest BCUT2D eigenvalue weighted by molar-refractivity contribution is 5.95. The monoisotopic (exact) mass is 478 g/mol. The van der Waals surface area contributed by atoms with Crippen molar-refractivity contribution in [2.24, 2.45) is 28.6 Å². The fourth-order valence-electron chi connectivity index (χ4n) is 8.33. The first-order valence-corrected chi connectivity index (χ1v) is 12.7. The lowest BCUT2D eigenvalue weighted by molar-refractivity contribution is -0.196. The van der Waals surface area contributed by atoms with Crippen molar-refractivity contribution in [2.45, 2.75) is 108 Å². The highest BCUT2D eigenvalue weighted by atomic mass is 16.3. The van der Waals surface area contributed by atoms with Crippen LogP contribution in [-0.4, -0.2) is 72.0 Å². The molecule has 7 nitrogen and oxygen atoms in total. The van der Waals surface area contributed by atoms with Gasteiger partial charge in [0, 0.05) is 17.3 Å². The minimum Gasteiger partial charge on any atom is -0.392 e. The van der Waals surface area contributed by atoms with E-state index in [1.54, 1.807) is 6.92 Å². The Hall–Kier alpha value is -1.09. The van der Waals surface area contributed by atoms with E-state index in [2.05, 4.69) is 6.58 Å². The maximum atomic E-state index is 13.3. The molecule has 0 aromatic heterocycles. The lowest BCUT2D eigenvalue weighted by Crippen LogP contribution is -2.66. The van der Waals surface area contributed by atoms with E-state index in [4.69, 9.17) is 0 Å². The van der Waals surface area contributed by atoms with Crippen molar-refractivity contribution in [3.63, 3.8) is 0 Å². The van der Waals surface area contributed by atoms with Gasteiger partial charge in [0.1, 0.15) is 0 Å². The number of aliphatic hydroxyl groups excluding tert-OH is 4. The first-order valence-electron chi connectivity index (χ1n) is 12.7. The van der Waals surface area contributed by atoms with Crippen LogP contribution in [0.1, 0.15) is 72.6 Å².